The van der Waals surface area contributed by atoms with Gasteiger partial charge in [0, 0.05) is 10.1 Å². The number of hydrogen-bond donors (Lipinski definition) is 0. The Bertz CT molecular complexity index is 506. The van der Waals surface area contributed by atoms with Crippen molar-refractivity contribution in [2.45, 2.75) is 13.8 Å². The van der Waals surface area contributed by atoms with Gasteiger partial charge in [-0.25, -0.2) is 9.18 Å². The summed E-state index contributed by atoms with van der Waals surface area (Å²) < 4.78 is 19.2. The first-order chi connectivity index (χ1) is 7.63. The van der Waals surface area contributed by atoms with Crippen LogP contribution in [0.3, 0.4) is 0 Å². The van der Waals surface area contributed by atoms with E-state index in [9.17, 15) is 9.18 Å². The SMILES string of the molecule is CCOC(=O)c1cc2c(F)ccc(C)c2s1. The second-order valence-corrected chi connectivity index (χ2v) is 4.49. The maximum Gasteiger partial charge on any atom is 0.348 e. The van der Waals surface area contributed by atoms with Gasteiger partial charge in [0.25, 0.3) is 0 Å². The van der Waals surface area contributed by atoms with Crippen LogP contribution in [0.15, 0.2) is 18.2 Å². The smallest absolute Gasteiger partial charge is 0.348 e. The number of aryl methyl sites for hydroxylation is 1. The van der Waals surface area contributed by atoms with Crippen LogP contribution in [0.25, 0.3) is 10.1 Å². The van der Waals surface area contributed by atoms with E-state index in [1.54, 1.807) is 19.1 Å². The molecule has 0 aliphatic rings. The van der Waals surface area contributed by atoms with Crippen molar-refractivity contribution in [3.63, 3.8) is 0 Å². The Balaban J connectivity index is 2.55. The van der Waals surface area contributed by atoms with Crippen molar-refractivity contribution in [1.29, 1.82) is 0 Å². The number of fused-ring (bicyclic) bond motifs is 1. The van der Waals surface area contributed by atoms with Crippen LogP contribution in [0, 0.1) is 12.7 Å². The van der Waals surface area contributed by atoms with Crippen molar-refractivity contribution in [3.8, 4) is 0 Å². The fourth-order valence-corrected chi connectivity index (χ4v) is 2.56. The lowest BCUT2D eigenvalue weighted by Gasteiger charge is -1.96. The van der Waals surface area contributed by atoms with Crippen LogP contribution in [0.2, 0.25) is 0 Å². The Kier molecular flexibility index (Phi) is 2.92. The molecule has 0 aliphatic carbocycles. The molecule has 2 rings (SSSR count). The third-order valence-electron chi connectivity index (χ3n) is 2.30. The third kappa shape index (κ3) is 1.80. The number of halogens is 1. The van der Waals surface area contributed by atoms with E-state index in [2.05, 4.69) is 0 Å². The molecule has 0 unspecified atom stereocenters. The van der Waals surface area contributed by atoms with Crippen molar-refractivity contribution in [2.75, 3.05) is 6.61 Å². The average Bonchev–Trinajstić information content (AvgIpc) is 2.70. The summed E-state index contributed by atoms with van der Waals surface area (Å²) in [4.78, 5) is 12.0. The summed E-state index contributed by atoms with van der Waals surface area (Å²) in [6.07, 6.45) is 0. The van der Waals surface area contributed by atoms with Gasteiger partial charge in [-0.05, 0) is 31.5 Å². The summed E-state index contributed by atoms with van der Waals surface area (Å²) in [6.45, 7) is 3.97. The van der Waals surface area contributed by atoms with Crippen LogP contribution in [-0.4, -0.2) is 12.6 Å². The van der Waals surface area contributed by atoms with Crippen LogP contribution in [0.4, 0.5) is 4.39 Å². The Morgan fingerprint density at radius 1 is 1.50 bits per heavy atom. The van der Waals surface area contributed by atoms with Crippen LogP contribution in [-0.2, 0) is 4.74 Å². The normalized spacial score (nSPS) is 10.7. The topological polar surface area (TPSA) is 26.3 Å². The van der Waals surface area contributed by atoms with E-state index in [0.717, 1.165) is 10.3 Å². The van der Waals surface area contributed by atoms with Gasteiger partial charge in [0.15, 0.2) is 0 Å². The highest BCUT2D eigenvalue weighted by atomic mass is 32.1. The quantitative estimate of drug-likeness (QED) is 0.748. The first-order valence-electron chi connectivity index (χ1n) is 4.99. The molecule has 0 saturated heterocycles. The Morgan fingerprint density at radius 2 is 2.25 bits per heavy atom. The largest absolute Gasteiger partial charge is 0.462 e. The molecule has 0 bridgehead atoms. The van der Waals surface area contributed by atoms with E-state index in [1.807, 2.05) is 6.92 Å². The van der Waals surface area contributed by atoms with Crippen LogP contribution in [0.5, 0.6) is 0 Å². The van der Waals surface area contributed by atoms with Crippen LogP contribution >= 0.6 is 11.3 Å². The third-order valence-corrected chi connectivity index (χ3v) is 3.55. The molecule has 0 atom stereocenters. The summed E-state index contributed by atoms with van der Waals surface area (Å²) in [5.41, 5.74) is 0.969. The van der Waals surface area contributed by atoms with Gasteiger partial charge in [0.2, 0.25) is 0 Å². The molecule has 1 aromatic carbocycles. The van der Waals surface area contributed by atoms with E-state index < -0.39 is 0 Å². The lowest BCUT2D eigenvalue weighted by Crippen LogP contribution is -2.01. The summed E-state index contributed by atoms with van der Waals surface area (Å²) in [5, 5.41) is 0.494. The molecule has 0 spiro atoms. The van der Waals surface area contributed by atoms with Crippen molar-refractivity contribution in [3.05, 3.63) is 34.5 Å². The highest BCUT2D eigenvalue weighted by Crippen LogP contribution is 2.30. The zero-order valence-corrected chi connectivity index (χ0v) is 9.86. The van der Waals surface area contributed by atoms with Crippen LogP contribution < -0.4 is 0 Å². The molecule has 0 amide bonds. The predicted octanol–water partition coefficient (Wildman–Crippen LogP) is 3.53. The molecule has 1 heterocycles. The van der Waals surface area contributed by atoms with Gasteiger partial charge in [0.05, 0.1) is 6.61 Å². The monoisotopic (exact) mass is 238 g/mol. The molecule has 84 valence electrons. The van der Waals surface area contributed by atoms with Gasteiger partial charge in [-0.3, -0.25) is 0 Å². The molecule has 0 N–H and O–H groups in total. The van der Waals surface area contributed by atoms with E-state index in [1.165, 1.54) is 17.4 Å². The highest BCUT2D eigenvalue weighted by Gasteiger charge is 2.14. The lowest BCUT2D eigenvalue weighted by molar-refractivity contribution is 0.0532. The van der Waals surface area contributed by atoms with Gasteiger partial charge >= 0.3 is 5.97 Å². The fraction of sp³-hybridized carbons (Fsp3) is 0.250. The Hall–Kier alpha value is -1.42. The Labute approximate surface area is 96.7 Å². The predicted molar refractivity (Wildman–Crippen MR) is 62.5 cm³/mol. The van der Waals surface area contributed by atoms with Crippen molar-refractivity contribution >= 4 is 27.4 Å². The molecular formula is C12H11FO2S. The molecule has 0 aliphatic heterocycles. The zero-order valence-electron chi connectivity index (χ0n) is 9.04. The first kappa shape index (κ1) is 11.1. The van der Waals surface area contributed by atoms with E-state index in [4.69, 9.17) is 4.74 Å². The summed E-state index contributed by atoms with van der Waals surface area (Å²) >= 11 is 1.27. The minimum absolute atomic E-state index is 0.299. The second-order valence-electron chi connectivity index (χ2n) is 3.44. The molecule has 2 aromatic rings. The number of carbonyl (C=O) groups excluding carboxylic acids is 1. The maximum absolute atomic E-state index is 13.5. The highest BCUT2D eigenvalue weighted by molar-refractivity contribution is 7.21. The van der Waals surface area contributed by atoms with E-state index >= 15 is 0 Å². The first-order valence-corrected chi connectivity index (χ1v) is 5.81. The summed E-state index contributed by atoms with van der Waals surface area (Å²) in [7, 11) is 0. The van der Waals surface area contributed by atoms with Crippen molar-refractivity contribution in [2.24, 2.45) is 0 Å². The number of ether oxygens (including phenoxy) is 1. The van der Waals surface area contributed by atoms with E-state index in [-0.39, 0.29) is 11.8 Å². The summed E-state index contributed by atoms with van der Waals surface area (Å²) in [6, 6.07) is 4.68. The molecule has 0 fully saturated rings. The maximum atomic E-state index is 13.5. The van der Waals surface area contributed by atoms with Crippen LogP contribution in [0.1, 0.15) is 22.2 Å². The van der Waals surface area contributed by atoms with Gasteiger partial charge in [-0.1, -0.05) is 6.07 Å². The number of hydrogen-bond acceptors (Lipinski definition) is 3. The molecule has 0 radical (unpaired) electrons. The van der Waals surface area contributed by atoms with Gasteiger partial charge in [-0.2, -0.15) is 0 Å². The average molecular weight is 238 g/mol. The van der Waals surface area contributed by atoms with Crippen molar-refractivity contribution < 1.29 is 13.9 Å². The fourth-order valence-electron chi connectivity index (χ4n) is 1.53. The molecule has 0 saturated carbocycles. The van der Waals surface area contributed by atoms with Gasteiger partial charge < -0.3 is 4.74 Å². The second kappa shape index (κ2) is 4.22. The summed E-state index contributed by atoms with van der Waals surface area (Å²) in [5.74, 6) is -0.685. The lowest BCUT2D eigenvalue weighted by atomic mass is 10.2. The Morgan fingerprint density at radius 3 is 2.88 bits per heavy atom. The minimum atomic E-state index is -0.387. The molecular weight excluding hydrogens is 227 g/mol. The molecule has 2 nitrogen and oxygen atoms in total. The number of carbonyl (C=O) groups is 1. The standard InChI is InChI=1S/C12H11FO2S/c1-3-15-12(14)10-6-8-9(13)5-4-7(2)11(8)16-10/h4-6H,3H2,1-2H3. The molecule has 4 heteroatoms. The zero-order chi connectivity index (χ0) is 11.7. The number of esters is 1. The van der Waals surface area contributed by atoms with Crippen molar-refractivity contribution in [1.82, 2.24) is 0 Å². The number of rotatable bonds is 2. The van der Waals surface area contributed by atoms with Gasteiger partial charge in [-0.15, -0.1) is 11.3 Å². The van der Waals surface area contributed by atoms with E-state index in [0.29, 0.717) is 16.9 Å². The minimum Gasteiger partial charge on any atom is -0.462 e. The number of thiophene rings is 1. The van der Waals surface area contributed by atoms with Gasteiger partial charge in [0.1, 0.15) is 10.7 Å². The molecule has 1 aromatic heterocycles. The molecule has 16 heavy (non-hydrogen) atoms. The number of benzene rings is 1.